The molecule has 0 aromatic heterocycles. The second-order valence-corrected chi connectivity index (χ2v) is 5.44. The van der Waals surface area contributed by atoms with Crippen LogP contribution in [0.25, 0.3) is 0 Å². The summed E-state index contributed by atoms with van der Waals surface area (Å²) in [6, 6.07) is 10.3. The van der Waals surface area contributed by atoms with Crippen molar-refractivity contribution in [3.8, 4) is 0 Å². The molecular formula is C16H24N2O2. The number of benzene rings is 1. The van der Waals surface area contributed by atoms with Crippen molar-refractivity contribution in [1.29, 1.82) is 0 Å². The highest BCUT2D eigenvalue weighted by molar-refractivity contribution is 5.83. The summed E-state index contributed by atoms with van der Waals surface area (Å²) in [7, 11) is 0. The Kier molecular flexibility index (Phi) is 5.56. The molecule has 0 radical (unpaired) electrons. The molecule has 1 aromatic rings. The zero-order valence-corrected chi connectivity index (χ0v) is 11.9. The standard InChI is InChI=1S/C16H24N2O2/c17-13-16(8-11-20-12-9-16)15(19)18-10-4-7-14-5-2-1-3-6-14/h1-3,5-6H,4,7-13,17H2,(H,18,19). The maximum Gasteiger partial charge on any atom is 0.227 e. The third kappa shape index (κ3) is 3.81. The summed E-state index contributed by atoms with van der Waals surface area (Å²) in [5.74, 6) is 0.0939. The highest BCUT2D eigenvalue weighted by atomic mass is 16.5. The van der Waals surface area contributed by atoms with Crippen LogP contribution in [0.5, 0.6) is 0 Å². The fraction of sp³-hybridized carbons (Fsp3) is 0.562. The molecule has 0 bridgehead atoms. The van der Waals surface area contributed by atoms with Gasteiger partial charge in [-0.1, -0.05) is 30.3 Å². The molecule has 1 aliphatic heterocycles. The zero-order chi connectivity index (χ0) is 14.3. The lowest BCUT2D eigenvalue weighted by atomic mass is 9.79. The second-order valence-electron chi connectivity index (χ2n) is 5.44. The molecule has 4 nitrogen and oxygen atoms in total. The van der Waals surface area contributed by atoms with Crippen LogP contribution < -0.4 is 11.1 Å². The SMILES string of the molecule is NCC1(C(=O)NCCCc2ccccc2)CCOCC1. The van der Waals surface area contributed by atoms with Gasteiger partial charge >= 0.3 is 0 Å². The molecule has 110 valence electrons. The zero-order valence-electron chi connectivity index (χ0n) is 11.9. The van der Waals surface area contributed by atoms with E-state index in [1.54, 1.807) is 0 Å². The Morgan fingerprint density at radius 2 is 1.95 bits per heavy atom. The van der Waals surface area contributed by atoms with Gasteiger partial charge in [-0.05, 0) is 31.2 Å². The molecule has 3 N–H and O–H groups in total. The number of nitrogens with two attached hydrogens (primary N) is 1. The van der Waals surface area contributed by atoms with Crippen molar-refractivity contribution in [2.24, 2.45) is 11.1 Å². The molecule has 0 unspecified atom stereocenters. The Morgan fingerprint density at radius 3 is 2.60 bits per heavy atom. The molecule has 1 saturated heterocycles. The molecule has 0 aliphatic carbocycles. The highest BCUT2D eigenvalue weighted by Gasteiger charge is 2.38. The minimum absolute atomic E-state index is 0.0939. The molecule has 1 amide bonds. The molecule has 2 rings (SSSR count). The van der Waals surface area contributed by atoms with E-state index in [1.165, 1.54) is 5.56 Å². The number of carbonyl (C=O) groups excluding carboxylic acids is 1. The normalized spacial score (nSPS) is 17.6. The van der Waals surface area contributed by atoms with E-state index in [1.807, 2.05) is 18.2 Å². The van der Waals surface area contributed by atoms with Gasteiger partial charge in [0, 0.05) is 26.3 Å². The van der Waals surface area contributed by atoms with Gasteiger partial charge in [-0.3, -0.25) is 4.79 Å². The van der Waals surface area contributed by atoms with Gasteiger partial charge in [0.05, 0.1) is 5.41 Å². The second kappa shape index (κ2) is 7.41. The van der Waals surface area contributed by atoms with Gasteiger partial charge in [-0.2, -0.15) is 0 Å². The van der Waals surface area contributed by atoms with Crippen LogP contribution in [0.2, 0.25) is 0 Å². The number of rotatable bonds is 6. The molecule has 1 fully saturated rings. The fourth-order valence-electron chi connectivity index (χ4n) is 2.61. The Labute approximate surface area is 120 Å². The first-order chi connectivity index (χ1) is 9.77. The number of ether oxygens (including phenoxy) is 1. The van der Waals surface area contributed by atoms with Crippen LogP contribution in [-0.2, 0) is 16.0 Å². The topological polar surface area (TPSA) is 64.4 Å². The summed E-state index contributed by atoms with van der Waals surface area (Å²) in [6.45, 7) is 2.38. The molecule has 0 saturated carbocycles. The van der Waals surface area contributed by atoms with Gasteiger partial charge < -0.3 is 15.8 Å². The van der Waals surface area contributed by atoms with Crippen molar-refractivity contribution in [3.05, 3.63) is 35.9 Å². The number of hydrogen-bond donors (Lipinski definition) is 2. The van der Waals surface area contributed by atoms with Gasteiger partial charge in [-0.25, -0.2) is 0 Å². The fourth-order valence-corrected chi connectivity index (χ4v) is 2.61. The summed E-state index contributed by atoms with van der Waals surface area (Å²) in [5.41, 5.74) is 6.71. The summed E-state index contributed by atoms with van der Waals surface area (Å²) in [5, 5.41) is 3.04. The van der Waals surface area contributed by atoms with Crippen molar-refractivity contribution in [2.45, 2.75) is 25.7 Å². The number of carbonyl (C=O) groups is 1. The first-order valence-corrected chi connectivity index (χ1v) is 7.37. The van der Waals surface area contributed by atoms with E-state index >= 15 is 0 Å². The van der Waals surface area contributed by atoms with Gasteiger partial charge in [0.15, 0.2) is 0 Å². The Morgan fingerprint density at radius 1 is 1.25 bits per heavy atom. The van der Waals surface area contributed by atoms with E-state index in [0.717, 1.165) is 25.7 Å². The van der Waals surface area contributed by atoms with Crippen LogP contribution in [0.3, 0.4) is 0 Å². The quantitative estimate of drug-likeness (QED) is 0.774. The van der Waals surface area contributed by atoms with Crippen molar-refractivity contribution in [1.82, 2.24) is 5.32 Å². The smallest absolute Gasteiger partial charge is 0.227 e. The number of amides is 1. The third-order valence-corrected chi connectivity index (χ3v) is 4.09. The van der Waals surface area contributed by atoms with Crippen LogP contribution in [0, 0.1) is 5.41 Å². The molecule has 0 atom stereocenters. The minimum Gasteiger partial charge on any atom is -0.381 e. The lowest BCUT2D eigenvalue weighted by molar-refractivity contribution is -0.135. The number of nitrogens with one attached hydrogen (secondary N) is 1. The summed E-state index contributed by atoms with van der Waals surface area (Å²) in [6.07, 6.45) is 3.40. The van der Waals surface area contributed by atoms with Gasteiger partial charge in [0.2, 0.25) is 5.91 Å². The largest absolute Gasteiger partial charge is 0.381 e. The third-order valence-electron chi connectivity index (χ3n) is 4.09. The predicted molar refractivity (Wildman–Crippen MR) is 79.3 cm³/mol. The monoisotopic (exact) mass is 276 g/mol. The Bertz CT molecular complexity index is 414. The molecule has 1 aliphatic rings. The first kappa shape index (κ1) is 15.0. The average Bonchev–Trinajstić information content (AvgIpc) is 2.53. The number of hydrogen-bond acceptors (Lipinski definition) is 3. The maximum absolute atomic E-state index is 12.3. The Balaban J connectivity index is 1.74. The average molecular weight is 276 g/mol. The van der Waals surface area contributed by atoms with Crippen LogP contribution in [0.15, 0.2) is 30.3 Å². The summed E-state index contributed by atoms with van der Waals surface area (Å²) in [4.78, 5) is 12.3. The van der Waals surface area contributed by atoms with Crippen LogP contribution >= 0.6 is 0 Å². The van der Waals surface area contributed by atoms with Crippen molar-refractivity contribution in [3.63, 3.8) is 0 Å². The van der Waals surface area contributed by atoms with Gasteiger partial charge in [-0.15, -0.1) is 0 Å². The van der Waals surface area contributed by atoms with Gasteiger partial charge in [0.1, 0.15) is 0 Å². The van der Waals surface area contributed by atoms with Crippen molar-refractivity contribution < 1.29 is 9.53 Å². The van der Waals surface area contributed by atoms with E-state index in [0.29, 0.717) is 26.3 Å². The van der Waals surface area contributed by atoms with Crippen molar-refractivity contribution in [2.75, 3.05) is 26.3 Å². The summed E-state index contributed by atoms with van der Waals surface area (Å²) < 4.78 is 5.32. The molecule has 1 heterocycles. The van der Waals surface area contributed by atoms with E-state index in [4.69, 9.17) is 10.5 Å². The molecule has 0 spiro atoms. The van der Waals surface area contributed by atoms with Crippen LogP contribution in [0.4, 0.5) is 0 Å². The van der Waals surface area contributed by atoms with Crippen LogP contribution in [0.1, 0.15) is 24.8 Å². The predicted octanol–water partition coefficient (Wildman–Crippen LogP) is 1.49. The Hall–Kier alpha value is -1.39. The van der Waals surface area contributed by atoms with E-state index < -0.39 is 5.41 Å². The minimum atomic E-state index is -0.412. The lowest BCUT2D eigenvalue weighted by Crippen LogP contribution is -2.49. The summed E-state index contributed by atoms with van der Waals surface area (Å²) >= 11 is 0. The van der Waals surface area contributed by atoms with E-state index in [-0.39, 0.29) is 5.91 Å². The molecular weight excluding hydrogens is 252 g/mol. The first-order valence-electron chi connectivity index (χ1n) is 7.37. The van der Waals surface area contributed by atoms with Crippen LogP contribution in [-0.4, -0.2) is 32.2 Å². The maximum atomic E-state index is 12.3. The number of aryl methyl sites for hydroxylation is 1. The van der Waals surface area contributed by atoms with E-state index in [2.05, 4.69) is 17.4 Å². The van der Waals surface area contributed by atoms with Crippen molar-refractivity contribution >= 4 is 5.91 Å². The van der Waals surface area contributed by atoms with E-state index in [9.17, 15) is 4.79 Å². The highest BCUT2D eigenvalue weighted by Crippen LogP contribution is 2.29. The lowest BCUT2D eigenvalue weighted by Gasteiger charge is -2.34. The van der Waals surface area contributed by atoms with Gasteiger partial charge in [0.25, 0.3) is 0 Å². The molecule has 4 heteroatoms. The molecule has 1 aromatic carbocycles. The molecule has 20 heavy (non-hydrogen) atoms.